The van der Waals surface area contributed by atoms with E-state index < -0.39 is 10.0 Å². The van der Waals surface area contributed by atoms with Crippen LogP contribution in [0.3, 0.4) is 0 Å². The van der Waals surface area contributed by atoms with Gasteiger partial charge in [0.15, 0.2) is 5.76 Å². The summed E-state index contributed by atoms with van der Waals surface area (Å²) in [6.45, 7) is 6.26. The summed E-state index contributed by atoms with van der Waals surface area (Å²) in [5.74, 6) is 0.00954. The van der Waals surface area contributed by atoms with E-state index in [-0.39, 0.29) is 22.8 Å². The van der Waals surface area contributed by atoms with E-state index in [1.165, 1.54) is 12.1 Å². The van der Waals surface area contributed by atoms with Gasteiger partial charge in [-0.25, -0.2) is 13.6 Å². The van der Waals surface area contributed by atoms with Crippen LogP contribution in [0.5, 0.6) is 0 Å². The molecule has 21 heavy (non-hydrogen) atoms. The van der Waals surface area contributed by atoms with Crippen LogP contribution in [-0.4, -0.2) is 56.8 Å². The van der Waals surface area contributed by atoms with E-state index in [9.17, 15) is 13.2 Å². The van der Waals surface area contributed by atoms with Crippen molar-refractivity contribution in [3.8, 4) is 0 Å². The number of hydrogen-bond acceptors (Lipinski definition) is 5. The first-order valence-corrected chi connectivity index (χ1v) is 8.37. The van der Waals surface area contributed by atoms with Crippen molar-refractivity contribution in [1.29, 1.82) is 0 Å². The average molecular weight is 315 g/mol. The lowest BCUT2D eigenvalue weighted by molar-refractivity contribution is 0.0370. The third-order valence-corrected chi connectivity index (χ3v) is 4.50. The molecular formula is C13H21N3O4S. The minimum absolute atomic E-state index is 0.00854. The summed E-state index contributed by atoms with van der Waals surface area (Å²) < 4.78 is 27.5. The normalized spacial score (nSPS) is 21.0. The Morgan fingerprint density at radius 1 is 1.38 bits per heavy atom. The third kappa shape index (κ3) is 3.45. The first-order chi connectivity index (χ1) is 9.70. The van der Waals surface area contributed by atoms with Crippen LogP contribution in [-0.2, 0) is 10.0 Å². The molecule has 0 aromatic carbocycles. The second kappa shape index (κ2) is 5.78. The molecule has 1 amide bonds. The van der Waals surface area contributed by atoms with E-state index in [1.54, 1.807) is 4.90 Å². The highest BCUT2D eigenvalue weighted by molar-refractivity contribution is 7.89. The summed E-state index contributed by atoms with van der Waals surface area (Å²) in [6, 6.07) is 2.64. The van der Waals surface area contributed by atoms with Crippen LogP contribution in [0.2, 0.25) is 0 Å². The Labute approximate surface area is 124 Å². The van der Waals surface area contributed by atoms with Gasteiger partial charge in [-0.2, -0.15) is 0 Å². The molecule has 0 spiro atoms. The smallest absolute Gasteiger partial charge is 0.289 e. The summed E-state index contributed by atoms with van der Waals surface area (Å²) >= 11 is 0. The fraction of sp³-hybridized carbons (Fsp3) is 0.615. The van der Waals surface area contributed by atoms with Crippen molar-refractivity contribution in [2.45, 2.75) is 25.0 Å². The number of carbonyl (C=O) groups excluding carboxylic acids is 1. The van der Waals surface area contributed by atoms with E-state index >= 15 is 0 Å². The predicted octanol–water partition coefficient (Wildman–Crippen LogP) is 0.339. The maximum absolute atomic E-state index is 12.5. The highest BCUT2D eigenvalue weighted by Crippen LogP contribution is 2.21. The first-order valence-electron chi connectivity index (χ1n) is 6.82. The molecule has 2 rings (SSSR count). The molecule has 2 heterocycles. The van der Waals surface area contributed by atoms with Crippen LogP contribution in [0.4, 0.5) is 0 Å². The minimum atomic E-state index is -3.93. The van der Waals surface area contributed by atoms with Crippen LogP contribution in [0.25, 0.3) is 0 Å². The fourth-order valence-electron chi connectivity index (χ4n) is 2.51. The Morgan fingerprint density at radius 3 is 2.57 bits per heavy atom. The molecule has 1 saturated heterocycles. The zero-order valence-corrected chi connectivity index (χ0v) is 13.3. The number of piperazine rings is 1. The van der Waals surface area contributed by atoms with Crippen molar-refractivity contribution in [2.75, 3.05) is 26.7 Å². The largest absolute Gasteiger partial charge is 0.438 e. The minimum Gasteiger partial charge on any atom is -0.438 e. The van der Waals surface area contributed by atoms with Crippen molar-refractivity contribution in [3.63, 3.8) is 0 Å². The second-order valence-electron chi connectivity index (χ2n) is 5.74. The average Bonchev–Trinajstić information content (AvgIpc) is 2.87. The molecule has 0 aliphatic carbocycles. The maximum Gasteiger partial charge on any atom is 0.289 e. The monoisotopic (exact) mass is 315 g/mol. The van der Waals surface area contributed by atoms with Crippen LogP contribution < -0.4 is 5.14 Å². The van der Waals surface area contributed by atoms with Gasteiger partial charge in [0.25, 0.3) is 15.9 Å². The quantitative estimate of drug-likeness (QED) is 0.867. The molecule has 1 fully saturated rings. The standard InChI is InChI=1S/C13H21N3O4S/c1-9(2)10-8-15(3)6-7-16(10)13(17)11-4-5-12(20-11)21(14,18)19/h4-5,9-10H,6-8H2,1-3H3,(H2,14,18,19). The van der Waals surface area contributed by atoms with Gasteiger partial charge in [0.2, 0.25) is 5.09 Å². The number of nitrogens with zero attached hydrogens (tertiary/aromatic N) is 2. The molecular weight excluding hydrogens is 294 g/mol. The second-order valence-corrected chi connectivity index (χ2v) is 7.23. The van der Waals surface area contributed by atoms with E-state index in [0.717, 1.165) is 13.1 Å². The van der Waals surface area contributed by atoms with Gasteiger partial charge in [-0.15, -0.1) is 0 Å². The van der Waals surface area contributed by atoms with E-state index in [0.29, 0.717) is 12.5 Å². The molecule has 1 unspecified atom stereocenters. The zero-order valence-electron chi connectivity index (χ0n) is 12.4. The van der Waals surface area contributed by atoms with Gasteiger partial charge in [-0.3, -0.25) is 4.79 Å². The number of furan rings is 1. The first kappa shape index (κ1) is 16.0. The molecule has 118 valence electrons. The lowest BCUT2D eigenvalue weighted by Crippen LogP contribution is -2.56. The Morgan fingerprint density at radius 2 is 2.05 bits per heavy atom. The van der Waals surface area contributed by atoms with Crippen molar-refractivity contribution in [2.24, 2.45) is 11.1 Å². The Kier molecular flexibility index (Phi) is 4.40. The van der Waals surface area contributed by atoms with Gasteiger partial charge < -0.3 is 14.2 Å². The summed E-state index contributed by atoms with van der Waals surface area (Å²) in [4.78, 5) is 16.5. The number of sulfonamides is 1. The lowest BCUT2D eigenvalue weighted by atomic mass is 9.99. The van der Waals surface area contributed by atoms with Crippen LogP contribution >= 0.6 is 0 Å². The molecule has 0 radical (unpaired) electrons. The molecule has 2 N–H and O–H groups in total. The highest BCUT2D eigenvalue weighted by Gasteiger charge is 2.33. The van der Waals surface area contributed by atoms with E-state index in [1.807, 2.05) is 7.05 Å². The Bertz CT molecular complexity index is 623. The Balaban J connectivity index is 2.24. The van der Waals surface area contributed by atoms with Gasteiger partial charge in [0.1, 0.15) is 0 Å². The molecule has 1 aromatic heterocycles. The molecule has 0 bridgehead atoms. The topological polar surface area (TPSA) is 96.9 Å². The van der Waals surface area contributed by atoms with Gasteiger partial charge in [-0.1, -0.05) is 13.8 Å². The SMILES string of the molecule is CC(C)C1CN(C)CCN1C(=O)c1ccc(S(N)(=O)=O)o1. The van der Waals surface area contributed by atoms with E-state index in [2.05, 4.69) is 18.7 Å². The van der Waals surface area contributed by atoms with Gasteiger partial charge >= 0.3 is 0 Å². The highest BCUT2D eigenvalue weighted by atomic mass is 32.2. The lowest BCUT2D eigenvalue weighted by Gasteiger charge is -2.41. The summed E-state index contributed by atoms with van der Waals surface area (Å²) in [6.07, 6.45) is 0. The van der Waals surface area contributed by atoms with Crippen molar-refractivity contribution in [3.05, 3.63) is 17.9 Å². The van der Waals surface area contributed by atoms with Crippen LogP contribution in [0.1, 0.15) is 24.4 Å². The van der Waals surface area contributed by atoms with Crippen molar-refractivity contribution in [1.82, 2.24) is 9.80 Å². The molecule has 1 aromatic rings. The number of nitrogens with two attached hydrogens (primary N) is 1. The van der Waals surface area contributed by atoms with Crippen molar-refractivity contribution >= 4 is 15.9 Å². The summed E-state index contributed by atoms with van der Waals surface area (Å²) in [7, 11) is -1.91. The third-order valence-electron chi connectivity index (χ3n) is 3.72. The van der Waals surface area contributed by atoms with Gasteiger partial charge in [-0.05, 0) is 25.1 Å². The number of primary sulfonamides is 1. The molecule has 8 heteroatoms. The van der Waals surface area contributed by atoms with Gasteiger partial charge in [0, 0.05) is 25.7 Å². The zero-order chi connectivity index (χ0) is 15.8. The number of rotatable bonds is 3. The molecule has 1 atom stereocenters. The molecule has 1 aliphatic heterocycles. The predicted molar refractivity (Wildman–Crippen MR) is 77.2 cm³/mol. The Hall–Kier alpha value is -1.38. The molecule has 1 aliphatic rings. The maximum atomic E-state index is 12.5. The summed E-state index contributed by atoms with van der Waals surface area (Å²) in [5, 5.41) is 4.60. The number of hydrogen-bond donors (Lipinski definition) is 1. The summed E-state index contributed by atoms with van der Waals surface area (Å²) in [5.41, 5.74) is 0. The number of carbonyl (C=O) groups is 1. The van der Waals surface area contributed by atoms with Gasteiger partial charge in [0.05, 0.1) is 0 Å². The van der Waals surface area contributed by atoms with Crippen LogP contribution in [0, 0.1) is 5.92 Å². The van der Waals surface area contributed by atoms with E-state index in [4.69, 9.17) is 9.56 Å². The number of likely N-dealkylation sites (N-methyl/N-ethyl adjacent to an activating group) is 1. The van der Waals surface area contributed by atoms with Crippen LogP contribution in [0.15, 0.2) is 21.6 Å². The molecule has 0 saturated carbocycles. The van der Waals surface area contributed by atoms with Crippen molar-refractivity contribution < 1.29 is 17.6 Å². The molecule has 7 nitrogen and oxygen atoms in total. The fourth-order valence-corrected chi connectivity index (χ4v) is 2.97. The number of amides is 1.